The number of rotatable bonds is 8. The molecule has 0 spiro atoms. The summed E-state index contributed by atoms with van der Waals surface area (Å²) in [6.45, 7) is 4.27. The first-order chi connectivity index (χ1) is 14.7. The van der Waals surface area contributed by atoms with Gasteiger partial charge >= 0.3 is 0 Å². The van der Waals surface area contributed by atoms with Crippen LogP contribution in [0.3, 0.4) is 0 Å². The highest BCUT2D eigenvalue weighted by atomic mass is 35.5. The Labute approximate surface area is 182 Å². The Morgan fingerprint density at radius 2 is 1.97 bits per heavy atom. The largest absolute Gasteiger partial charge is 0.492 e. The zero-order chi connectivity index (χ0) is 20.9. The Morgan fingerprint density at radius 3 is 2.80 bits per heavy atom. The molecule has 30 heavy (non-hydrogen) atoms. The van der Waals surface area contributed by atoms with Crippen LogP contribution in [0.2, 0.25) is 5.02 Å². The van der Waals surface area contributed by atoms with Crippen LogP contribution in [0.15, 0.2) is 77.2 Å². The highest BCUT2D eigenvalue weighted by molar-refractivity contribution is 7.99. The Bertz CT molecular complexity index is 1250. The van der Waals surface area contributed by atoms with Crippen molar-refractivity contribution >= 4 is 29.0 Å². The molecule has 0 aliphatic heterocycles. The number of allylic oxidation sites excluding steroid dienone is 1. The molecule has 0 aliphatic rings. The van der Waals surface area contributed by atoms with E-state index in [2.05, 4.69) is 21.6 Å². The SMILES string of the molecule is C=CCc1ccccc1OCCSc1nc(-c2ccccc2Cl)nc2cc(=O)[nH]n12. The zero-order valence-electron chi connectivity index (χ0n) is 16.0. The van der Waals surface area contributed by atoms with E-state index in [1.807, 2.05) is 48.5 Å². The van der Waals surface area contributed by atoms with Gasteiger partial charge in [-0.2, -0.15) is 0 Å². The first kappa shape index (κ1) is 20.3. The molecule has 0 unspecified atom stereocenters. The van der Waals surface area contributed by atoms with Crippen molar-refractivity contribution in [2.75, 3.05) is 12.4 Å². The molecule has 2 aromatic carbocycles. The average molecular weight is 439 g/mol. The molecule has 0 fully saturated rings. The molecule has 0 saturated carbocycles. The number of H-pyrrole nitrogens is 1. The highest BCUT2D eigenvalue weighted by Crippen LogP contribution is 2.27. The van der Waals surface area contributed by atoms with E-state index >= 15 is 0 Å². The number of ether oxygens (including phenoxy) is 1. The van der Waals surface area contributed by atoms with Crippen LogP contribution >= 0.6 is 23.4 Å². The van der Waals surface area contributed by atoms with Crippen LogP contribution < -0.4 is 10.3 Å². The normalized spacial score (nSPS) is 11.0. The van der Waals surface area contributed by atoms with Crippen LogP contribution in [-0.4, -0.2) is 31.9 Å². The molecule has 8 heteroatoms. The molecule has 0 saturated heterocycles. The van der Waals surface area contributed by atoms with Crippen LogP contribution in [0.25, 0.3) is 17.0 Å². The minimum Gasteiger partial charge on any atom is -0.492 e. The number of nitrogens with zero attached hydrogens (tertiary/aromatic N) is 3. The first-order valence-corrected chi connectivity index (χ1v) is 10.7. The molecule has 2 aromatic heterocycles. The Hall–Kier alpha value is -3.03. The van der Waals surface area contributed by atoms with E-state index in [1.165, 1.54) is 17.8 Å². The lowest BCUT2D eigenvalue weighted by Gasteiger charge is -2.11. The van der Waals surface area contributed by atoms with E-state index < -0.39 is 0 Å². The molecule has 0 atom stereocenters. The van der Waals surface area contributed by atoms with Gasteiger partial charge in [-0.1, -0.05) is 59.8 Å². The number of nitrogens with one attached hydrogen (secondary N) is 1. The van der Waals surface area contributed by atoms with Crippen LogP contribution in [-0.2, 0) is 6.42 Å². The molecule has 6 nitrogen and oxygen atoms in total. The van der Waals surface area contributed by atoms with Crippen molar-refractivity contribution in [1.29, 1.82) is 0 Å². The van der Waals surface area contributed by atoms with Crippen LogP contribution in [0, 0.1) is 0 Å². The fourth-order valence-electron chi connectivity index (χ4n) is 3.00. The first-order valence-electron chi connectivity index (χ1n) is 9.35. The second-order valence-electron chi connectivity index (χ2n) is 6.42. The quantitative estimate of drug-likeness (QED) is 0.246. The molecule has 152 valence electrons. The van der Waals surface area contributed by atoms with Crippen molar-refractivity contribution < 1.29 is 4.74 Å². The Balaban J connectivity index is 1.55. The summed E-state index contributed by atoms with van der Waals surface area (Å²) in [5.74, 6) is 1.95. The number of hydrogen-bond acceptors (Lipinski definition) is 5. The zero-order valence-corrected chi connectivity index (χ0v) is 17.6. The smallest absolute Gasteiger partial charge is 0.266 e. The molecule has 0 bridgehead atoms. The third-order valence-corrected chi connectivity index (χ3v) is 5.58. The molecule has 0 aliphatic carbocycles. The summed E-state index contributed by atoms with van der Waals surface area (Å²) in [7, 11) is 0. The van der Waals surface area contributed by atoms with Gasteiger partial charge in [-0.05, 0) is 30.2 Å². The maximum atomic E-state index is 11.9. The maximum absolute atomic E-state index is 11.9. The molecule has 0 amide bonds. The topological polar surface area (TPSA) is 72.3 Å². The van der Waals surface area contributed by atoms with E-state index in [4.69, 9.17) is 16.3 Å². The van der Waals surface area contributed by atoms with Crippen molar-refractivity contribution in [3.63, 3.8) is 0 Å². The predicted molar refractivity (Wildman–Crippen MR) is 121 cm³/mol. The highest BCUT2D eigenvalue weighted by Gasteiger charge is 2.13. The van der Waals surface area contributed by atoms with E-state index in [9.17, 15) is 4.79 Å². The Morgan fingerprint density at radius 1 is 1.17 bits per heavy atom. The van der Waals surface area contributed by atoms with Gasteiger partial charge in [-0.3, -0.25) is 9.89 Å². The van der Waals surface area contributed by atoms with Crippen molar-refractivity contribution in [2.45, 2.75) is 11.6 Å². The lowest BCUT2D eigenvalue weighted by Crippen LogP contribution is -2.07. The van der Waals surface area contributed by atoms with Gasteiger partial charge in [0.1, 0.15) is 5.75 Å². The van der Waals surface area contributed by atoms with E-state index in [0.717, 1.165) is 17.7 Å². The van der Waals surface area contributed by atoms with Gasteiger partial charge in [0.15, 0.2) is 16.6 Å². The van der Waals surface area contributed by atoms with Crippen LogP contribution in [0.5, 0.6) is 5.75 Å². The monoisotopic (exact) mass is 438 g/mol. The van der Waals surface area contributed by atoms with E-state index in [0.29, 0.717) is 39.6 Å². The van der Waals surface area contributed by atoms with Gasteiger partial charge in [-0.25, -0.2) is 14.5 Å². The van der Waals surface area contributed by atoms with Gasteiger partial charge in [-0.15, -0.1) is 6.58 Å². The van der Waals surface area contributed by atoms with Gasteiger partial charge in [0.2, 0.25) is 0 Å². The molecular formula is C22H19ClN4O2S. The molecule has 4 aromatic rings. The number of hydrogen-bond donors (Lipinski definition) is 1. The van der Waals surface area contributed by atoms with Crippen LogP contribution in [0.4, 0.5) is 0 Å². The van der Waals surface area contributed by atoms with Gasteiger partial charge in [0, 0.05) is 17.4 Å². The summed E-state index contributed by atoms with van der Waals surface area (Å²) in [4.78, 5) is 21.0. The summed E-state index contributed by atoms with van der Waals surface area (Å²) < 4.78 is 7.53. The summed E-state index contributed by atoms with van der Waals surface area (Å²) in [5, 5.41) is 3.90. The van der Waals surface area contributed by atoms with Crippen molar-refractivity contribution in [3.8, 4) is 17.1 Å². The van der Waals surface area contributed by atoms with Gasteiger partial charge in [0.05, 0.1) is 11.6 Å². The fourth-order valence-corrected chi connectivity index (χ4v) is 3.99. The average Bonchev–Trinajstić information content (AvgIpc) is 3.13. The predicted octanol–water partition coefficient (Wildman–Crippen LogP) is 4.64. The second-order valence-corrected chi connectivity index (χ2v) is 7.89. The number of benzene rings is 2. The molecule has 0 radical (unpaired) electrons. The summed E-state index contributed by atoms with van der Waals surface area (Å²) in [6, 6.07) is 16.7. The summed E-state index contributed by atoms with van der Waals surface area (Å²) in [6.07, 6.45) is 2.61. The summed E-state index contributed by atoms with van der Waals surface area (Å²) >= 11 is 7.78. The fraction of sp³-hybridized carbons (Fsp3) is 0.136. The summed E-state index contributed by atoms with van der Waals surface area (Å²) in [5.41, 5.74) is 2.06. The molecule has 1 N–H and O–H groups in total. The van der Waals surface area contributed by atoms with Crippen molar-refractivity contribution in [2.24, 2.45) is 0 Å². The number of aromatic nitrogens is 4. The second kappa shape index (κ2) is 9.19. The molecular weight excluding hydrogens is 420 g/mol. The minimum absolute atomic E-state index is 0.239. The maximum Gasteiger partial charge on any atom is 0.266 e. The van der Waals surface area contributed by atoms with E-state index in [1.54, 1.807) is 10.6 Å². The van der Waals surface area contributed by atoms with Crippen molar-refractivity contribution in [3.05, 3.63) is 88.2 Å². The third kappa shape index (κ3) is 4.42. The van der Waals surface area contributed by atoms with Crippen LogP contribution in [0.1, 0.15) is 5.56 Å². The Kier molecular flexibility index (Phi) is 6.21. The lowest BCUT2D eigenvalue weighted by atomic mass is 10.1. The number of aromatic amines is 1. The van der Waals surface area contributed by atoms with E-state index in [-0.39, 0.29) is 5.56 Å². The third-order valence-electron chi connectivity index (χ3n) is 4.35. The lowest BCUT2D eigenvalue weighted by molar-refractivity contribution is 0.340. The van der Waals surface area contributed by atoms with Crippen molar-refractivity contribution in [1.82, 2.24) is 19.6 Å². The standard InChI is InChI=1S/C22H19ClN4O2S/c1-2-7-15-8-3-6-11-18(15)29-12-13-30-22-25-21(16-9-4-5-10-17(16)23)24-19-14-20(28)26-27(19)22/h2-6,8-11,14H,1,7,12-13H2,(H,26,28). The molecule has 4 rings (SSSR count). The van der Waals surface area contributed by atoms with Gasteiger partial charge < -0.3 is 4.74 Å². The number of para-hydroxylation sites is 1. The molecule has 2 heterocycles. The minimum atomic E-state index is -0.239. The van der Waals surface area contributed by atoms with Gasteiger partial charge in [0.25, 0.3) is 5.56 Å². The number of fused-ring (bicyclic) bond motifs is 1. The number of halogens is 1. The number of thioether (sulfide) groups is 1.